The Labute approximate surface area is 108 Å². The van der Waals surface area contributed by atoms with Gasteiger partial charge in [0.25, 0.3) is 0 Å². The first kappa shape index (κ1) is 12.6. The molecule has 1 aliphatic heterocycles. The lowest BCUT2D eigenvalue weighted by atomic mass is 10.1. The van der Waals surface area contributed by atoms with E-state index >= 15 is 0 Å². The molecule has 0 radical (unpaired) electrons. The number of carbonyl (C=O) groups is 3. The van der Waals surface area contributed by atoms with Crippen LogP contribution in [0.3, 0.4) is 0 Å². The molecule has 1 N–H and O–H groups in total. The number of imide groups is 1. The molecule has 1 fully saturated rings. The molecule has 5 nitrogen and oxygen atoms in total. The molecule has 1 heterocycles. The number of nitrogens with zero attached hydrogens (tertiary/aromatic N) is 1. The smallest absolute Gasteiger partial charge is 0.337 e. The summed E-state index contributed by atoms with van der Waals surface area (Å²) >= 11 is 5.72. The summed E-state index contributed by atoms with van der Waals surface area (Å²) in [5, 5.41) is 9.32. The van der Waals surface area contributed by atoms with Crippen molar-refractivity contribution in [2.45, 2.75) is 13.3 Å². The van der Waals surface area contributed by atoms with Crippen LogP contribution in [-0.2, 0) is 9.59 Å². The van der Waals surface area contributed by atoms with Gasteiger partial charge in [0, 0.05) is 17.4 Å². The predicted octanol–water partition coefficient (Wildman–Crippen LogP) is 1.94. The van der Waals surface area contributed by atoms with Gasteiger partial charge in [-0.3, -0.25) is 9.59 Å². The lowest BCUT2D eigenvalue weighted by Crippen LogP contribution is -2.31. The van der Waals surface area contributed by atoms with E-state index in [4.69, 9.17) is 16.7 Å². The Morgan fingerprint density at radius 3 is 2.61 bits per heavy atom. The summed E-state index contributed by atoms with van der Waals surface area (Å²) in [7, 11) is 0. The molecule has 0 bridgehead atoms. The van der Waals surface area contributed by atoms with Crippen LogP contribution >= 0.6 is 11.6 Å². The Morgan fingerprint density at radius 1 is 1.44 bits per heavy atom. The number of carboxylic acid groups (broad SMARTS) is 1. The van der Waals surface area contributed by atoms with Crippen LogP contribution in [0.1, 0.15) is 23.7 Å². The van der Waals surface area contributed by atoms with Gasteiger partial charge in [-0.2, -0.15) is 0 Å². The van der Waals surface area contributed by atoms with Crippen LogP contribution < -0.4 is 4.90 Å². The first-order valence-electron chi connectivity index (χ1n) is 5.31. The number of benzene rings is 1. The monoisotopic (exact) mass is 267 g/mol. The minimum atomic E-state index is -1.23. The maximum atomic E-state index is 11.9. The molecule has 6 heteroatoms. The van der Waals surface area contributed by atoms with Gasteiger partial charge in [0.05, 0.1) is 11.3 Å². The van der Waals surface area contributed by atoms with Gasteiger partial charge in [-0.05, 0) is 18.2 Å². The molecule has 2 amide bonds. The van der Waals surface area contributed by atoms with Crippen molar-refractivity contribution in [3.8, 4) is 0 Å². The van der Waals surface area contributed by atoms with Gasteiger partial charge >= 0.3 is 5.97 Å². The molecule has 0 aromatic heterocycles. The topological polar surface area (TPSA) is 74.7 Å². The Hall–Kier alpha value is -1.88. The van der Waals surface area contributed by atoms with Crippen molar-refractivity contribution < 1.29 is 19.5 Å². The van der Waals surface area contributed by atoms with Crippen LogP contribution in [0.25, 0.3) is 0 Å². The zero-order valence-electron chi connectivity index (χ0n) is 9.51. The molecule has 1 aromatic carbocycles. The number of hydrogen-bond donors (Lipinski definition) is 1. The molecule has 94 valence electrons. The Bertz CT molecular complexity index is 555. The SMILES string of the molecule is CC1CC(=O)N(c2ccc(Cl)cc2C(=O)O)C1=O. The zero-order chi connectivity index (χ0) is 13.4. The second-order valence-electron chi connectivity index (χ2n) is 4.14. The largest absolute Gasteiger partial charge is 0.478 e. The quantitative estimate of drug-likeness (QED) is 0.831. The van der Waals surface area contributed by atoms with Gasteiger partial charge in [-0.1, -0.05) is 18.5 Å². The van der Waals surface area contributed by atoms with Crippen LogP contribution in [0.4, 0.5) is 5.69 Å². The molecule has 2 rings (SSSR count). The minimum Gasteiger partial charge on any atom is -0.478 e. The van der Waals surface area contributed by atoms with Gasteiger partial charge in [0.15, 0.2) is 0 Å². The molecule has 1 unspecified atom stereocenters. The third kappa shape index (κ3) is 1.97. The van der Waals surface area contributed by atoms with Gasteiger partial charge < -0.3 is 5.11 Å². The maximum absolute atomic E-state index is 11.9. The van der Waals surface area contributed by atoms with Gasteiger partial charge in [0.1, 0.15) is 0 Å². The van der Waals surface area contributed by atoms with Crippen molar-refractivity contribution in [2.24, 2.45) is 5.92 Å². The van der Waals surface area contributed by atoms with E-state index in [1.165, 1.54) is 18.2 Å². The van der Waals surface area contributed by atoms with Crippen molar-refractivity contribution in [2.75, 3.05) is 4.90 Å². The minimum absolute atomic E-state index is 0.0752. The normalized spacial score (nSPS) is 19.4. The average Bonchev–Trinajstić information content (AvgIpc) is 2.54. The fourth-order valence-corrected chi connectivity index (χ4v) is 2.08. The molecule has 18 heavy (non-hydrogen) atoms. The predicted molar refractivity (Wildman–Crippen MR) is 64.7 cm³/mol. The lowest BCUT2D eigenvalue weighted by molar-refractivity contribution is -0.122. The molecule has 1 aromatic rings. The molecule has 1 atom stereocenters. The van der Waals surface area contributed by atoms with E-state index in [0.717, 1.165) is 4.90 Å². The number of aromatic carboxylic acids is 1. The number of rotatable bonds is 2. The van der Waals surface area contributed by atoms with E-state index in [1.807, 2.05) is 0 Å². The van der Waals surface area contributed by atoms with Crippen LogP contribution in [0.5, 0.6) is 0 Å². The lowest BCUT2D eigenvalue weighted by Gasteiger charge is -2.16. The van der Waals surface area contributed by atoms with Crippen LogP contribution in [0.2, 0.25) is 5.02 Å². The van der Waals surface area contributed by atoms with Crippen LogP contribution in [0.15, 0.2) is 18.2 Å². The van der Waals surface area contributed by atoms with Crippen molar-refractivity contribution in [1.29, 1.82) is 0 Å². The van der Waals surface area contributed by atoms with Crippen LogP contribution in [-0.4, -0.2) is 22.9 Å². The highest BCUT2D eigenvalue weighted by Crippen LogP contribution is 2.30. The van der Waals surface area contributed by atoms with E-state index in [9.17, 15) is 14.4 Å². The van der Waals surface area contributed by atoms with Crippen molar-refractivity contribution in [1.82, 2.24) is 0 Å². The number of carbonyl (C=O) groups excluding carboxylic acids is 2. The van der Waals surface area contributed by atoms with Crippen molar-refractivity contribution in [3.05, 3.63) is 28.8 Å². The molecule has 0 spiro atoms. The van der Waals surface area contributed by atoms with Crippen molar-refractivity contribution >= 4 is 35.1 Å². The third-order valence-corrected chi connectivity index (χ3v) is 3.04. The Balaban J connectivity index is 2.55. The van der Waals surface area contributed by atoms with E-state index in [1.54, 1.807) is 6.92 Å². The van der Waals surface area contributed by atoms with E-state index in [2.05, 4.69) is 0 Å². The summed E-state index contributed by atoms with van der Waals surface area (Å²) in [4.78, 5) is 35.6. The highest BCUT2D eigenvalue weighted by molar-refractivity contribution is 6.31. The standard InChI is InChI=1S/C12H10ClNO4/c1-6-4-10(15)14(11(6)16)9-3-2-7(13)5-8(9)12(17)18/h2-3,5-6H,4H2,1H3,(H,17,18). The molecular formula is C12H10ClNO4. The molecule has 0 aliphatic carbocycles. The van der Waals surface area contributed by atoms with E-state index < -0.39 is 17.8 Å². The second-order valence-corrected chi connectivity index (χ2v) is 4.58. The van der Waals surface area contributed by atoms with Crippen molar-refractivity contribution in [3.63, 3.8) is 0 Å². The first-order valence-corrected chi connectivity index (χ1v) is 5.69. The first-order chi connectivity index (χ1) is 8.41. The summed E-state index contributed by atoms with van der Waals surface area (Å²) in [6, 6.07) is 4.05. The average molecular weight is 268 g/mol. The second kappa shape index (κ2) is 4.42. The third-order valence-electron chi connectivity index (χ3n) is 2.80. The number of carboxylic acids is 1. The number of amides is 2. The fraction of sp³-hybridized carbons (Fsp3) is 0.250. The zero-order valence-corrected chi connectivity index (χ0v) is 10.3. The van der Waals surface area contributed by atoms with Gasteiger partial charge in [0.2, 0.25) is 11.8 Å². The van der Waals surface area contributed by atoms with Gasteiger partial charge in [-0.25, -0.2) is 9.69 Å². The Morgan fingerprint density at radius 2 is 2.11 bits per heavy atom. The number of hydrogen-bond acceptors (Lipinski definition) is 3. The number of anilines is 1. The molecule has 0 saturated carbocycles. The summed E-state index contributed by atoms with van der Waals surface area (Å²) in [6.07, 6.45) is 0.0977. The Kier molecular flexibility index (Phi) is 3.09. The maximum Gasteiger partial charge on any atom is 0.337 e. The van der Waals surface area contributed by atoms with Gasteiger partial charge in [-0.15, -0.1) is 0 Å². The fourth-order valence-electron chi connectivity index (χ4n) is 1.91. The van der Waals surface area contributed by atoms with E-state index in [-0.39, 0.29) is 28.6 Å². The summed E-state index contributed by atoms with van der Waals surface area (Å²) in [6.45, 7) is 1.64. The molecule has 1 aliphatic rings. The highest BCUT2D eigenvalue weighted by Gasteiger charge is 2.38. The molecular weight excluding hydrogens is 258 g/mol. The summed E-state index contributed by atoms with van der Waals surface area (Å²) < 4.78 is 0. The highest BCUT2D eigenvalue weighted by atomic mass is 35.5. The van der Waals surface area contributed by atoms with E-state index in [0.29, 0.717) is 0 Å². The van der Waals surface area contributed by atoms with Crippen LogP contribution in [0, 0.1) is 5.92 Å². The summed E-state index contributed by atoms with van der Waals surface area (Å²) in [5.74, 6) is -2.43. The number of halogens is 1. The summed E-state index contributed by atoms with van der Waals surface area (Å²) in [5.41, 5.74) is -0.0791. The molecule has 1 saturated heterocycles.